The Morgan fingerprint density at radius 2 is 1.32 bits per heavy atom. The minimum Gasteiger partial charge on any atom is -0.457 e. The third-order valence-electron chi connectivity index (χ3n) is 5.92. The SMILES string of the molecule is CC(CCN(c1ccc(Oc2ccccc2)cc1)C(C)C)c1ccc2ccccc2c1. The summed E-state index contributed by atoms with van der Waals surface area (Å²) in [6.07, 6.45) is 1.11. The Morgan fingerprint density at radius 3 is 2.03 bits per heavy atom. The highest BCUT2D eigenvalue weighted by atomic mass is 16.5. The first-order chi connectivity index (χ1) is 15.1. The summed E-state index contributed by atoms with van der Waals surface area (Å²) in [5, 5.41) is 2.63. The van der Waals surface area contributed by atoms with E-state index in [0.29, 0.717) is 12.0 Å². The number of nitrogens with zero attached hydrogens (tertiary/aromatic N) is 1. The van der Waals surface area contributed by atoms with E-state index in [-0.39, 0.29) is 0 Å². The summed E-state index contributed by atoms with van der Waals surface area (Å²) >= 11 is 0. The van der Waals surface area contributed by atoms with Crippen LogP contribution in [-0.4, -0.2) is 12.6 Å². The fourth-order valence-corrected chi connectivity index (χ4v) is 4.03. The first-order valence-corrected chi connectivity index (χ1v) is 11.2. The van der Waals surface area contributed by atoms with E-state index < -0.39 is 0 Å². The Bertz CT molecular complexity index is 1100. The molecule has 0 bridgehead atoms. The molecule has 4 aromatic rings. The highest BCUT2D eigenvalue weighted by molar-refractivity contribution is 5.83. The van der Waals surface area contributed by atoms with E-state index in [4.69, 9.17) is 4.74 Å². The largest absolute Gasteiger partial charge is 0.457 e. The molecule has 0 spiro atoms. The van der Waals surface area contributed by atoms with Crippen LogP contribution in [0.1, 0.15) is 38.7 Å². The average molecular weight is 410 g/mol. The Labute approximate surface area is 186 Å². The molecule has 0 N–H and O–H groups in total. The van der Waals surface area contributed by atoms with Crippen molar-refractivity contribution >= 4 is 16.5 Å². The van der Waals surface area contributed by atoms with Crippen molar-refractivity contribution in [2.24, 2.45) is 0 Å². The van der Waals surface area contributed by atoms with Gasteiger partial charge in [-0.3, -0.25) is 0 Å². The molecule has 31 heavy (non-hydrogen) atoms. The second kappa shape index (κ2) is 9.70. The fraction of sp³-hybridized carbons (Fsp3) is 0.241. The minimum atomic E-state index is 0.435. The van der Waals surface area contributed by atoms with Crippen molar-refractivity contribution in [3.05, 3.63) is 103 Å². The average Bonchev–Trinajstić information content (AvgIpc) is 2.80. The van der Waals surface area contributed by atoms with Crippen molar-refractivity contribution in [1.29, 1.82) is 0 Å². The lowest BCUT2D eigenvalue weighted by Crippen LogP contribution is -2.32. The normalized spacial score (nSPS) is 12.1. The van der Waals surface area contributed by atoms with Gasteiger partial charge >= 0.3 is 0 Å². The molecule has 2 heteroatoms. The molecule has 2 nitrogen and oxygen atoms in total. The van der Waals surface area contributed by atoms with Crippen LogP contribution in [-0.2, 0) is 0 Å². The zero-order valence-corrected chi connectivity index (χ0v) is 18.7. The van der Waals surface area contributed by atoms with Gasteiger partial charge in [0.05, 0.1) is 0 Å². The molecule has 4 rings (SSSR count). The number of anilines is 1. The van der Waals surface area contributed by atoms with Crippen LogP contribution in [0, 0.1) is 0 Å². The standard InChI is InChI=1S/C29H31NO/c1-22(2)30(27-15-17-29(18-16-27)31-28-11-5-4-6-12-28)20-19-23(3)25-14-13-24-9-7-8-10-26(24)21-25/h4-18,21-23H,19-20H2,1-3H3. The Kier molecular flexibility index (Phi) is 6.57. The second-order valence-electron chi connectivity index (χ2n) is 8.49. The highest BCUT2D eigenvalue weighted by Gasteiger charge is 2.14. The van der Waals surface area contributed by atoms with Crippen LogP contribution in [0.25, 0.3) is 10.8 Å². The Morgan fingerprint density at radius 1 is 0.677 bits per heavy atom. The van der Waals surface area contributed by atoms with E-state index in [1.165, 1.54) is 22.0 Å². The second-order valence-corrected chi connectivity index (χ2v) is 8.49. The van der Waals surface area contributed by atoms with Gasteiger partial charge in [-0.1, -0.05) is 67.6 Å². The predicted octanol–water partition coefficient (Wildman–Crippen LogP) is 8.04. The van der Waals surface area contributed by atoms with Gasteiger partial charge in [0.15, 0.2) is 0 Å². The zero-order chi connectivity index (χ0) is 21.6. The Balaban J connectivity index is 1.42. The van der Waals surface area contributed by atoms with Gasteiger partial charge in [0.1, 0.15) is 11.5 Å². The van der Waals surface area contributed by atoms with Crippen molar-refractivity contribution in [2.75, 3.05) is 11.4 Å². The van der Waals surface area contributed by atoms with Crippen molar-refractivity contribution in [3.63, 3.8) is 0 Å². The lowest BCUT2D eigenvalue weighted by Gasteiger charge is -2.30. The van der Waals surface area contributed by atoms with E-state index in [9.17, 15) is 0 Å². The molecule has 0 saturated carbocycles. The molecule has 158 valence electrons. The van der Waals surface area contributed by atoms with Crippen LogP contribution in [0.3, 0.4) is 0 Å². The summed E-state index contributed by atoms with van der Waals surface area (Å²) in [6, 6.07) is 34.3. The van der Waals surface area contributed by atoms with Gasteiger partial charge in [0, 0.05) is 18.3 Å². The maximum Gasteiger partial charge on any atom is 0.127 e. The van der Waals surface area contributed by atoms with Crippen LogP contribution in [0.5, 0.6) is 11.5 Å². The summed E-state index contributed by atoms with van der Waals surface area (Å²) < 4.78 is 5.95. The van der Waals surface area contributed by atoms with Gasteiger partial charge < -0.3 is 9.64 Å². The number of rotatable bonds is 8. The van der Waals surface area contributed by atoms with E-state index in [1.54, 1.807) is 0 Å². The molecular weight excluding hydrogens is 378 g/mol. The predicted molar refractivity (Wildman–Crippen MR) is 132 cm³/mol. The summed E-state index contributed by atoms with van der Waals surface area (Å²) in [5.41, 5.74) is 2.65. The third kappa shape index (κ3) is 5.27. The molecule has 0 heterocycles. The number of para-hydroxylation sites is 1. The first-order valence-electron chi connectivity index (χ1n) is 11.2. The van der Waals surface area contributed by atoms with Gasteiger partial charge in [-0.05, 0) is 78.9 Å². The molecule has 0 aliphatic rings. The van der Waals surface area contributed by atoms with Crippen molar-refractivity contribution in [2.45, 2.75) is 39.2 Å². The van der Waals surface area contributed by atoms with E-state index in [2.05, 4.69) is 92.4 Å². The summed E-state index contributed by atoms with van der Waals surface area (Å²) in [7, 11) is 0. The maximum absolute atomic E-state index is 5.95. The number of hydrogen-bond acceptors (Lipinski definition) is 2. The minimum absolute atomic E-state index is 0.435. The quantitative estimate of drug-likeness (QED) is 0.292. The van der Waals surface area contributed by atoms with Crippen LogP contribution in [0.2, 0.25) is 0 Å². The van der Waals surface area contributed by atoms with E-state index >= 15 is 0 Å². The number of hydrogen-bond donors (Lipinski definition) is 0. The molecular formula is C29H31NO. The van der Waals surface area contributed by atoms with Gasteiger partial charge in [-0.15, -0.1) is 0 Å². The van der Waals surface area contributed by atoms with Gasteiger partial charge in [-0.2, -0.15) is 0 Å². The molecule has 1 atom stereocenters. The highest BCUT2D eigenvalue weighted by Crippen LogP contribution is 2.28. The van der Waals surface area contributed by atoms with Crippen LogP contribution in [0.15, 0.2) is 97.1 Å². The van der Waals surface area contributed by atoms with Gasteiger partial charge in [-0.25, -0.2) is 0 Å². The third-order valence-corrected chi connectivity index (χ3v) is 5.92. The van der Waals surface area contributed by atoms with Crippen molar-refractivity contribution in [3.8, 4) is 11.5 Å². The topological polar surface area (TPSA) is 12.5 Å². The lowest BCUT2D eigenvalue weighted by molar-refractivity contribution is 0.482. The monoisotopic (exact) mass is 409 g/mol. The van der Waals surface area contributed by atoms with Crippen molar-refractivity contribution in [1.82, 2.24) is 0 Å². The molecule has 1 unspecified atom stereocenters. The van der Waals surface area contributed by atoms with Crippen LogP contribution >= 0.6 is 0 Å². The fourth-order valence-electron chi connectivity index (χ4n) is 4.03. The summed E-state index contributed by atoms with van der Waals surface area (Å²) in [6.45, 7) is 7.87. The lowest BCUT2D eigenvalue weighted by atomic mass is 9.95. The Hall–Kier alpha value is -3.26. The number of fused-ring (bicyclic) bond motifs is 1. The molecule has 4 aromatic carbocycles. The smallest absolute Gasteiger partial charge is 0.127 e. The van der Waals surface area contributed by atoms with Gasteiger partial charge in [0.25, 0.3) is 0 Å². The number of ether oxygens (including phenoxy) is 1. The summed E-state index contributed by atoms with van der Waals surface area (Å²) in [4.78, 5) is 2.48. The number of benzene rings is 4. The molecule has 0 aliphatic heterocycles. The van der Waals surface area contributed by atoms with Crippen LogP contribution in [0.4, 0.5) is 5.69 Å². The molecule has 0 saturated heterocycles. The zero-order valence-electron chi connectivity index (χ0n) is 18.7. The molecule has 0 amide bonds. The van der Waals surface area contributed by atoms with Gasteiger partial charge in [0.2, 0.25) is 0 Å². The molecule has 0 aromatic heterocycles. The molecule has 0 aliphatic carbocycles. The van der Waals surface area contributed by atoms with E-state index in [1.807, 2.05) is 30.3 Å². The molecule has 0 radical (unpaired) electrons. The summed E-state index contributed by atoms with van der Waals surface area (Å²) in [5.74, 6) is 2.23. The van der Waals surface area contributed by atoms with Crippen molar-refractivity contribution < 1.29 is 4.74 Å². The van der Waals surface area contributed by atoms with E-state index in [0.717, 1.165) is 24.5 Å². The van der Waals surface area contributed by atoms with Crippen LogP contribution < -0.4 is 9.64 Å². The molecule has 0 fully saturated rings. The first kappa shape index (κ1) is 21.0. The maximum atomic E-state index is 5.95.